The highest BCUT2D eigenvalue weighted by atomic mass is 16.3. The fourth-order valence-corrected chi connectivity index (χ4v) is 2.64. The number of rotatable bonds is 3. The fourth-order valence-electron chi connectivity index (χ4n) is 2.64. The molecule has 0 aromatic heterocycles. The lowest BCUT2D eigenvalue weighted by molar-refractivity contribution is 0.0433. The highest BCUT2D eigenvalue weighted by Crippen LogP contribution is 2.27. The lowest BCUT2D eigenvalue weighted by atomic mass is 9.95. The topological polar surface area (TPSA) is 49.5 Å². The van der Waals surface area contributed by atoms with Crippen LogP contribution in [0.3, 0.4) is 0 Å². The molecule has 1 aromatic rings. The van der Waals surface area contributed by atoms with Gasteiger partial charge >= 0.3 is 0 Å². The second-order valence-corrected chi connectivity index (χ2v) is 5.69. The molecule has 17 heavy (non-hydrogen) atoms. The molecule has 2 rings (SSSR count). The third-order valence-electron chi connectivity index (χ3n) is 3.28. The van der Waals surface area contributed by atoms with Crippen molar-refractivity contribution in [3.63, 3.8) is 0 Å². The Bertz CT molecular complexity index is 358. The molecule has 1 aliphatic rings. The predicted octanol–water partition coefficient (Wildman–Crippen LogP) is 1.18. The average Bonchev–Trinajstić information content (AvgIpc) is 2.58. The van der Waals surface area contributed by atoms with Gasteiger partial charge in [0.1, 0.15) is 0 Å². The molecule has 0 amide bonds. The molecule has 0 spiro atoms. The standard InChI is InChI=1S/C14H22N2O/c1-14(2,17)10-16-8-12(13(15)9-16)11-6-4-3-5-7-11/h3-7,12-13,17H,8-10,15H2,1-2H3/t12-,13+/m0/s1. The lowest BCUT2D eigenvalue weighted by Gasteiger charge is -2.25. The fraction of sp³-hybridized carbons (Fsp3) is 0.571. The summed E-state index contributed by atoms with van der Waals surface area (Å²) in [5, 5.41) is 9.84. The third-order valence-corrected chi connectivity index (χ3v) is 3.28. The van der Waals surface area contributed by atoms with E-state index in [1.165, 1.54) is 5.56 Å². The summed E-state index contributed by atoms with van der Waals surface area (Å²) in [5.74, 6) is 0.388. The second-order valence-electron chi connectivity index (χ2n) is 5.69. The van der Waals surface area contributed by atoms with Gasteiger partial charge in [0, 0.05) is 31.6 Å². The molecule has 2 atom stereocenters. The number of β-amino-alcohol motifs (C(OH)–C–C–N with tert-alkyl or cyclic N) is 1. The SMILES string of the molecule is CC(C)(O)CN1C[C@@H](N)[C@H](c2ccccc2)C1. The van der Waals surface area contributed by atoms with Gasteiger partial charge in [-0.05, 0) is 19.4 Å². The van der Waals surface area contributed by atoms with E-state index in [0.717, 1.165) is 13.1 Å². The smallest absolute Gasteiger partial charge is 0.0718 e. The van der Waals surface area contributed by atoms with Crippen LogP contribution in [-0.2, 0) is 0 Å². The van der Waals surface area contributed by atoms with Crippen molar-refractivity contribution >= 4 is 0 Å². The van der Waals surface area contributed by atoms with Gasteiger partial charge in [0.2, 0.25) is 0 Å². The molecule has 94 valence electrons. The van der Waals surface area contributed by atoms with E-state index in [4.69, 9.17) is 5.73 Å². The van der Waals surface area contributed by atoms with E-state index in [9.17, 15) is 5.11 Å². The van der Waals surface area contributed by atoms with Gasteiger partial charge in [-0.1, -0.05) is 30.3 Å². The first kappa shape index (κ1) is 12.6. The van der Waals surface area contributed by atoms with Gasteiger partial charge in [0.25, 0.3) is 0 Å². The van der Waals surface area contributed by atoms with E-state index in [0.29, 0.717) is 12.5 Å². The number of hydrogen-bond acceptors (Lipinski definition) is 3. The minimum absolute atomic E-state index is 0.166. The molecular weight excluding hydrogens is 212 g/mol. The van der Waals surface area contributed by atoms with Crippen molar-refractivity contribution in [2.75, 3.05) is 19.6 Å². The summed E-state index contributed by atoms with van der Waals surface area (Å²) in [6, 6.07) is 10.6. The third kappa shape index (κ3) is 3.28. The largest absolute Gasteiger partial charge is 0.389 e. The van der Waals surface area contributed by atoms with Crippen molar-refractivity contribution in [1.29, 1.82) is 0 Å². The molecule has 0 unspecified atom stereocenters. The summed E-state index contributed by atoms with van der Waals surface area (Å²) in [5.41, 5.74) is 6.85. The van der Waals surface area contributed by atoms with Crippen LogP contribution < -0.4 is 5.73 Å². The lowest BCUT2D eigenvalue weighted by Crippen LogP contribution is -2.38. The summed E-state index contributed by atoms with van der Waals surface area (Å²) < 4.78 is 0. The maximum atomic E-state index is 9.84. The van der Waals surface area contributed by atoms with Crippen LogP contribution in [0.1, 0.15) is 25.3 Å². The van der Waals surface area contributed by atoms with Crippen molar-refractivity contribution in [3.8, 4) is 0 Å². The van der Waals surface area contributed by atoms with Crippen LogP contribution in [0.2, 0.25) is 0 Å². The number of hydrogen-bond donors (Lipinski definition) is 2. The van der Waals surface area contributed by atoms with Gasteiger partial charge in [-0.2, -0.15) is 0 Å². The average molecular weight is 234 g/mol. The van der Waals surface area contributed by atoms with Crippen LogP contribution in [0, 0.1) is 0 Å². The molecule has 3 N–H and O–H groups in total. The monoisotopic (exact) mass is 234 g/mol. The highest BCUT2D eigenvalue weighted by molar-refractivity contribution is 5.23. The molecule has 0 saturated carbocycles. The Kier molecular flexibility index (Phi) is 3.52. The first-order chi connectivity index (χ1) is 7.96. The minimum Gasteiger partial charge on any atom is -0.389 e. The number of nitrogens with two attached hydrogens (primary N) is 1. The molecule has 1 fully saturated rings. The molecular formula is C14H22N2O. The van der Waals surface area contributed by atoms with E-state index >= 15 is 0 Å². The van der Waals surface area contributed by atoms with Gasteiger partial charge in [0.15, 0.2) is 0 Å². The Morgan fingerprint density at radius 2 is 1.94 bits per heavy atom. The van der Waals surface area contributed by atoms with Gasteiger partial charge in [-0.15, -0.1) is 0 Å². The Labute approximate surface area is 103 Å². The van der Waals surface area contributed by atoms with Crippen molar-refractivity contribution < 1.29 is 5.11 Å². The quantitative estimate of drug-likeness (QED) is 0.826. The molecule has 3 nitrogen and oxygen atoms in total. The summed E-state index contributed by atoms with van der Waals surface area (Å²) in [4.78, 5) is 2.25. The zero-order chi connectivity index (χ0) is 12.5. The Balaban J connectivity index is 2.03. The van der Waals surface area contributed by atoms with Crippen molar-refractivity contribution in [3.05, 3.63) is 35.9 Å². The molecule has 0 aliphatic carbocycles. The predicted molar refractivity (Wildman–Crippen MR) is 69.9 cm³/mol. The maximum Gasteiger partial charge on any atom is 0.0718 e. The maximum absolute atomic E-state index is 9.84. The van der Waals surface area contributed by atoms with Crippen LogP contribution in [0.25, 0.3) is 0 Å². The first-order valence-corrected chi connectivity index (χ1v) is 6.21. The van der Waals surface area contributed by atoms with Crippen LogP contribution in [0.15, 0.2) is 30.3 Å². The van der Waals surface area contributed by atoms with Crippen molar-refractivity contribution in [2.45, 2.75) is 31.4 Å². The van der Waals surface area contributed by atoms with E-state index in [-0.39, 0.29) is 6.04 Å². The normalized spacial score (nSPS) is 26.4. The number of aliphatic hydroxyl groups is 1. The Morgan fingerprint density at radius 3 is 2.53 bits per heavy atom. The second kappa shape index (κ2) is 4.77. The molecule has 1 aromatic carbocycles. The summed E-state index contributed by atoms with van der Waals surface area (Å²) in [6.07, 6.45) is 0. The molecule has 1 heterocycles. The van der Waals surface area contributed by atoms with Gasteiger partial charge in [0.05, 0.1) is 5.60 Å². The molecule has 3 heteroatoms. The van der Waals surface area contributed by atoms with Crippen molar-refractivity contribution in [1.82, 2.24) is 4.90 Å². The summed E-state index contributed by atoms with van der Waals surface area (Å²) in [6.45, 7) is 6.17. The minimum atomic E-state index is -0.648. The molecule has 0 bridgehead atoms. The molecule has 1 saturated heterocycles. The van der Waals surface area contributed by atoms with Crippen LogP contribution >= 0.6 is 0 Å². The first-order valence-electron chi connectivity index (χ1n) is 6.21. The van der Waals surface area contributed by atoms with Crippen molar-refractivity contribution in [2.24, 2.45) is 5.73 Å². The zero-order valence-corrected chi connectivity index (χ0v) is 10.6. The van der Waals surface area contributed by atoms with Crippen LogP contribution in [0.4, 0.5) is 0 Å². The molecule has 1 aliphatic heterocycles. The van der Waals surface area contributed by atoms with Crippen LogP contribution in [-0.4, -0.2) is 41.3 Å². The number of likely N-dealkylation sites (tertiary alicyclic amines) is 1. The number of nitrogens with zero attached hydrogens (tertiary/aromatic N) is 1. The van der Waals surface area contributed by atoms with E-state index in [1.807, 2.05) is 19.9 Å². The zero-order valence-electron chi connectivity index (χ0n) is 10.6. The van der Waals surface area contributed by atoms with Gasteiger partial charge < -0.3 is 10.8 Å². The summed E-state index contributed by atoms with van der Waals surface area (Å²) >= 11 is 0. The van der Waals surface area contributed by atoms with Crippen LogP contribution in [0.5, 0.6) is 0 Å². The Hall–Kier alpha value is -0.900. The van der Waals surface area contributed by atoms with Gasteiger partial charge in [-0.25, -0.2) is 0 Å². The number of benzene rings is 1. The van der Waals surface area contributed by atoms with Gasteiger partial charge in [-0.3, -0.25) is 4.90 Å². The van der Waals surface area contributed by atoms with E-state index in [1.54, 1.807) is 0 Å². The Morgan fingerprint density at radius 1 is 1.29 bits per heavy atom. The van der Waals surface area contributed by atoms with E-state index < -0.39 is 5.60 Å². The highest BCUT2D eigenvalue weighted by Gasteiger charge is 2.33. The van der Waals surface area contributed by atoms with E-state index in [2.05, 4.69) is 29.2 Å². The summed E-state index contributed by atoms with van der Waals surface area (Å²) in [7, 11) is 0. The molecule has 0 radical (unpaired) electrons.